The SMILES string of the molecule is CC(CC(N)=O)NCC1CCCCC1. The standard InChI is InChI=1S/C11H22N2O/c1-9(7-11(12)14)13-8-10-5-3-2-4-6-10/h9-10,13H,2-8H2,1H3,(H2,12,14). The molecule has 0 heterocycles. The Hall–Kier alpha value is -0.570. The summed E-state index contributed by atoms with van der Waals surface area (Å²) in [5.41, 5.74) is 5.12. The molecule has 3 nitrogen and oxygen atoms in total. The first-order chi connectivity index (χ1) is 6.68. The third kappa shape index (κ3) is 4.61. The molecule has 0 spiro atoms. The van der Waals surface area contributed by atoms with Gasteiger partial charge in [0.2, 0.25) is 5.91 Å². The van der Waals surface area contributed by atoms with Crippen LogP contribution in [0.3, 0.4) is 0 Å². The molecule has 1 unspecified atom stereocenters. The molecule has 1 aliphatic rings. The number of rotatable bonds is 5. The molecule has 82 valence electrons. The lowest BCUT2D eigenvalue weighted by Gasteiger charge is -2.23. The molecule has 1 atom stereocenters. The van der Waals surface area contributed by atoms with Crippen LogP contribution in [-0.4, -0.2) is 18.5 Å². The number of nitrogens with one attached hydrogen (secondary N) is 1. The van der Waals surface area contributed by atoms with Crippen LogP contribution in [0.1, 0.15) is 45.4 Å². The van der Waals surface area contributed by atoms with E-state index in [9.17, 15) is 4.79 Å². The average Bonchev–Trinajstić information content (AvgIpc) is 2.15. The van der Waals surface area contributed by atoms with Gasteiger partial charge in [0.1, 0.15) is 0 Å². The second-order valence-corrected chi connectivity index (χ2v) is 4.48. The summed E-state index contributed by atoms with van der Waals surface area (Å²) in [4.78, 5) is 10.6. The Morgan fingerprint density at radius 3 is 2.64 bits per heavy atom. The highest BCUT2D eigenvalue weighted by Gasteiger charge is 2.14. The summed E-state index contributed by atoms with van der Waals surface area (Å²) in [6.07, 6.45) is 7.28. The van der Waals surface area contributed by atoms with Crippen molar-refractivity contribution in [1.82, 2.24) is 5.32 Å². The lowest BCUT2D eigenvalue weighted by atomic mass is 9.89. The number of amides is 1. The summed E-state index contributed by atoms with van der Waals surface area (Å²) in [5.74, 6) is 0.604. The monoisotopic (exact) mass is 198 g/mol. The molecule has 0 bridgehead atoms. The van der Waals surface area contributed by atoms with Gasteiger partial charge >= 0.3 is 0 Å². The van der Waals surface area contributed by atoms with Crippen LogP contribution in [0, 0.1) is 5.92 Å². The summed E-state index contributed by atoms with van der Waals surface area (Å²) < 4.78 is 0. The lowest BCUT2D eigenvalue weighted by Crippen LogP contribution is -2.35. The van der Waals surface area contributed by atoms with Crippen molar-refractivity contribution in [1.29, 1.82) is 0 Å². The molecule has 1 aliphatic carbocycles. The van der Waals surface area contributed by atoms with Gasteiger partial charge in [-0.05, 0) is 32.2 Å². The molecular weight excluding hydrogens is 176 g/mol. The van der Waals surface area contributed by atoms with E-state index < -0.39 is 0 Å². The second kappa shape index (κ2) is 6.02. The third-order valence-electron chi connectivity index (χ3n) is 2.99. The van der Waals surface area contributed by atoms with Gasteiger partial charge < -0.3 is 11.1 Å². The van der Waals surface area contributed by atoms with Gasteiger partial charge in [0.25, 0.3) is 0 Å². The first-order valence-corrected chi connectivity index (χ1v) is 5.70. The zero-order valence-corrected chi connectivity index (χ0v) is 9.09. The fourth-order valence-corrected chi connectivity index (χ4v) is 2.13. The van der Waals surface area contributed by atoms with Crippen molar-refractivity contribution in [3.05, 3.63) is 0 Å². The van der Waals surface area contributed by atoms with E-state index >= 15 is 0 Å². The maximum atomic E-state index is 10.6. The molecule has 3 heteroatoms. The summed E-state index contributed by atoms with van der Waals surface area (Å²) in [7, 11) is 0. The first kappa shape index (κ1) is 11.5. The van der Waals surface area contributed by atoms with Crippen molar-refractivity contribution in [2.24, 2.45) is 11.7 Å². The van der Waals surface area contributed by atoms with Gasteiger partial charge in [0, 0.05) is 12.5 Å². The molecule has 0 aliphatic heterocycles. The maximum Gasteiger partial charge on any atom is 0.218 e. The Kier molecular flexibility index (Phi) is 4.94. The molecule has 14 heavy (non-hydrogen) atoms. The van der Waals surface area contributed by atoms with Crippen LogP contribution in [0.5, 0.6) is 0 Å². The van der Waals surface area contributed by atoms with E-state index in [2.05, 4.69) is 5.32 Å². The lowest BCUT2D eigenvalue weighted by molar-refractivity contribution is -0.118. The minimum atomic E-state index is -0.214. The Morgan fingerprint density at radius 2 is 2.07 bits per heavy atom. The molecule has 1 amide bonds. The molecule has 1 fully saturated rings. The first-order valence-electron chi connectivity index (χ1n) is 5.70. The topological polar surface area (TPSA) is 55.1 Å². The number of nitrogens with two attached hydrogens (primary N) is 1. The van der Waals surface area contributed by atoms with Gasteiger partial charge in [0.15, 0.2) is 0 Å². The number of hydrogen-bond acceptors (Lipinski definition) is 2. The Balaban J connectivity index is 2.09. The Labute approximate surface area is 86.4 Å². The van der Waals surface area contributed by atoms with Crippen LogP contribution in [0.25, 0.3) is 0 Å². The van der Waals surface area contributed by atoms with Gasteiger partial charge in [0.05, 0.1) is 0 Å². The van der Waals surface area contributed by atoms with E-state index in [1.54, 1.807) is 0 Å². The predicted octanol–water partition coefficient (Wildman–Crippen LogP) is 1.42. The highest BCUT2D eigenvalue weighted by atomic mass is 16.1. The fraction of sp³-hybridized carbons (Fsp3) is 0.909. The summed E-state index contributed by atoms with van der Waals surface area (Å²) >= 11 is 0. The Bertz CT molecular complexity index is 176. The zero-order valence-electron chi connectivity index (χ0n) is 9.09. The molecular formula is C11H22N2O. The van der Waals surface area contributed by atoms with Crippen molar-refractivity contribution < 1.29 is 4.79 Å². The number of carbonyl (C=O) groups is 1. The van der Waals surface area contributed by atoms with E-state index in [1.807, 2.05) is 6.92 Å². The van der Waals surface area contributed by atoms with Crippen molar-refractivity contribution in [3.63, 3.8) is 0 Å². The molecule has 0 saturated heterocycles. The minimum Gasteiger partial charge on any atom is -0.370 e. The van der Waals surface area contributed by atoms with Crippen molar-refractivity contribution in [2.45, 2.75) is 51.5 Å². The normalized spacial score (nSPS) is 20.6. The zero-order chi connectivity index (χ0) is 10.4. The highest BCUT2D eigenvalue weighted by molar-refractivity contribution is 5.74. The van der Waals surface area contributed by atoms with Crippen LogP contribution in [0.4, 0.5) is 0 Å². The fourth-order valence-electron chi connectivity index (χ4n) is 2.13. The molecule has 0 aromatic rings. The van der Waals surface area contributed by atoms with E-state index in [0.717, 1.165) is 12.5 Å². The maximum absolute atomic E-state index is 10.6. The van der Waals surface area contributed by atoms with Gasteiger partial charge in [-0.15, -0.1) is 0 Å². The number of hydrogen-bond donors (Lipinski definition) is 2. The van der Waals surface area contributed by atoms with Crippen LogP contribution in [0.15, 0.2) is 0 Å². The van der Waals surface area contributed by atoms with Gasteiger partial charge in [-0.3, -0.25) is 4.79 Å². The summed E-state index contributed by atoms with van der Waals surface area (Å²) in [5, 5.41) is 3.38. The van der Waals surface area contributed by atoms with Gasteiger partial charge in [-0.1, -0.05) is 19.3 Å². The molecule has 0 aromatic carbocycles. The summed E-state index contributed by atoms with van der Waals surface area (Å²) in [6.45, 7) is 3.07. The van der Waals surface area contributed by atoms with Crippen molar-refractivity contribution in [2.75, 3.05) is 6.54 Å². The van der Waals surface area contributed by atoms with Crippen molar-refractivity contribution in [3.8, 4) is 0 Å². The third-order valence-corrected chi connectivity index (χ3v) is 2.99. The molecule has 0 radical (unpaired) electrons. The highest BCUT2D eigenvalue weighted by Crippen LogP contribution is 2.22. The number of carbonyl (C=O) groups excluding carboxylic acids is 1. The molecule has 3 N–H and O–H groups in total. The van der Waals surface area contributed by atoms with E-state index in [0.29, 0.717) is 6.42 Å². The average molecular weight is 198 g/mol. The molecule has 1 saturated carbocycles. The van der Waals surface area contributed by atoms with E-state index in [4.69, 9.17) is 5.73 Å². The summed E-state index contributed by atoms with van der Waals surface area (Å²) in [6, 6.07) is 0.231. The largest absolute Gasteiger partial charge is 0.370 e. The van der Waals surface area contributed by atoms with Gasteiger partial charge in [-0.25, -0.2) is 0 Å². The minimum absolute atomic E-state index is 0.214. The molecule has 0 aromatic heterocycles. The Morgan fingerprint density at radius 1 is 1.43 bits per heavy atom. The number of primary amides is 1. The van der Waals surface area contributed by atoms with Crippen LogP contribution in [-0.2, 0) is 4.79 Å². The second-order valence-electron chi connectivity index (χ2n) is 4.48. The van der Waals surface area contributed by atoms with Gasteiger partial charge in [-0.2, -0.15) is 0 Å². The van der Waals surface area contributed by atoms with Crippen LogP contribution >= 0.6 is 0 Å². The van der Waals surface area contributed by atoms with E-state index in [1.165, 1.54) is 32.1 Å². The predicted molar refractivity (Wildman–Crippen MR) is 57.9 cm³/mol. The smallest absolute Gasteiger partial charge is 0.218 e. The van der Waals surface area contributed by atoms with Crippen LogP contribution in [0.2, 0.25) is 0 Å². The van der Waals surface area contributed by atoms with E-state index in [-0.39, 0.29) is 11.9 Å². The quantitative estimate of drug-likeness (QED) is 0.702. The van der Waals surface area contributed by atoms with Crippen LogP contribution < -0.4 is 11.1 Å². The molecule has 1 rings (SSSR count). The van der Waals surface area contributed by atoms with Crippen molar-refractivity contribution >= 4 is 5.91 Å².